The fourth-order valence-corrected chi connectivity index (χ4v) is 5.12. The van der Waals surface area contributed by atoms with Gasteiger partial charge >= 0.3 is 5.69 Å². The number of carbonyl (C=O) groups is 1. The second kappa shape index (κ2) is 10.1. The van der Waals surface area contributed by atoms with Crippen molar-refractivity contribution in [1.29, 1.82) is 0 Å². The summed E-state index contributed by atoms with van der Waals surface area (Å²) < 4.78 is 41.8. The number of hydrogen-bond acceptors (Lipinski definition) is 6. The van der Waals surface area contributed by atoms with Crippen LogP contribution < -0.4 is 15.3 Å². The molecule has 0 radical (unpaired) electrons. The van der Waals surface area contributed by atoms with Crippen molar-refractivity contribution in [2.45, 2.75) is 25.8 Å². The Kier molecular flexibility index (Phi) is 6.43. The van der Waals surface area contributed by atoms with Crippen LogP contribution in [0.25, 0.3) is 5.69 Å². The van der Waals surface area contributed by atoms with E-state index in [1.807, 2.05) is 0 Å². The zero-order chi connectivity index (χ0) is 27.0. The topological polar surface area (TPSA) is 91.5 Å². The minimum absolute atomic E-state index is 0.0496. The first kappa shape index (κ1) is 24.9. The number of rotatable bonds is 6. The number of halogens is 2. The molecule has 1 spiro atoms. The van der Waals surface area contributed by atoms with E-state index in [2.05, 4.69) is 10.1 Å². The molecule has 0 unspecified atom stereocenters. The van der Waals surface area contributed by atoms with E-state index in [1.165, 1.54) is 12.4 Å². The highest BCUT2D eigenvalue weighted by Crippen LogP contribution is 2.42. The molecule has 4 aromatic rings. The number of benzene rings is 2. The summed E-state index contributed by atoms with van der Waals surface area (Å²) in [4.78, 5) is 31.7. The van der Waals surface area contributed by atoms with Crippen molar-refractivity contribution in [3.05, 3.63) is 94.8 Å². The number of pyridine rings is 1. The Morgan fingerprint density at radius 1 is 0.974 bits per heavy atom. The Morgan fingerprint density at radius 2 is 1.72 bits per heavy atom. The molecule has 11 heteroatoms. The lowest BCUT2D eigenvalue weighted by Crippen LogP contribution is -2.33. The van der Waals surface area contributed by atoms with E-state index >= 15 is 0 Å². The smallest absolute Gasteiger partial charge is 0.350 e. The monoisotopic (exact) mass is 533 g/mol. The Bertz CT molecular complexity index is 1560. The van der Waals surface area contributed by atoms with Gasteiger partial charge in [0.05, 0.1) is 12.2 Å². The van der Waals surface area contributed by atoms with Crippen molar-refractivity contribution in [1.82, 2.24) is 19.3 Å². The van der Waals surface area contributed by atoms with E-state index in [9.17, 15) is 18.4 Å². The molecule has 4 heterocycles. The highest BCUT2D eigenvalue weighted by molar-refractivity contribution is 5.95. The molecule has 0 N–H and O–H groups in total. The minimum Gasteiger partial charge on any atom is -0.457 e. The highest BCUT2D eigenvalue weighted by Gasteiger charge is 2.44. The van der Waals surface area contributed by atoms with Gasteiger partial charge in [0.2, 0.25) is 5.91 Å². The van der Waals surface area contributed by atoms with Crippen LogP contribution in [0, 0.1) is 17.0 Å². The fourth-order valence-electron chi connectivity index (χ4n) is 5.12. The molecule has 0 aliphatic carbocycles. The number of amides is 1. The lowest BCUT2D eigenvalue weighted by Gasteiger charge is -2.32. The zero-order valence-corrected chi connectivity index (χ0v) is 20.9. The van der Waals surface area contributed by atoms with Crippen molar-refractivity contribution in [2.24, 2.45) is 5.41 Å². The van der Waals surface area contributed by atoms with Gasteiger partial charge in [-0.25, -0.2) is 18.6 Å². The SMILES string of the molecule is O=C1CC2(CCOCC2)CN1c1cc(Oc2ccc(-n3ncn(Cc4c(F)cccc4F)c3=O)cc2)ccn1. The molecule has 39 heavy (non-hydrogen) atoms. The summed E-state index contributed by atoms with van der Waals surface area (Å²) in [7, 11) is 0. The molecule has 2 saturated heterocycles. The van der Waals surface area contributed by atoms with Gasteiger partial charge in [0, 0.05) is 49.4 Å². The summed E-state index contributed by atoms with van der Waals surface area (Å²) in [6.45, 7) is 1.68. The summed E-state index contributed by atoms with van der Waals surface area (Å²) in [6, 6.07) is 13.6. The van der Waals surface area contributed by atoms with E-state index in [1.54, 1.807) is 47.5 Å². The van der Waals surface area contributed by atoms with Crippen LogP contribution in [0.5, 0.6) is 11.5 Å². The molecule has 2 aromatic heterocycles. The first-order valence-electron chi connectivity index (χ1n) is 12.6. The summed E-state index contributed by atoms with van der Waals surface area (Å²) in [5.41, 5.74) is -0.348. The second-order valence-corrected chi connectivity index (χ2v) is 9.87. The summed E-state index contributed by atoms with van der Waals surface area (Å²) in [5, 5.41) is 4.08. The van der Waals surface area contributed by atoms with Gasteiger partial charge in [-0.15, -0.1) is 0 Å². The van der Waals surface area contributed by atoms with Gasteiger partial charge in [0.15, 0.2) is 0 Å². The maximum atomic E-state index is 14.0. The van der Waals surface area contributed by atoms with Crippen molar-refractivity contribution < 1.29 is 23.0 Å². The highest BCUT2D eigenvalue weighted by atomic mass is 19.1. The molecular weight excluding hydrogens is 508 g/mol. The fraction of sp³-hybridized carbons (Fsp3) is 0.286. The number of nitrogens with zero attached hydrogens (tertiary/aromatic N) is 5. The molecule has 200 valence electrons. The van der Waals surface area contributed by atoms with Crippen LogP contribution in [0.4, 0.5) is 14.6 Å². The lowest BCUT2D eigenvalue weighted by atomic mass is 9.79. The van der Waals surface area contributed by atoms with E-state index in [4.69, 9.17) is 9.47 Å². The second-order valence-electron chi connectivity index (χ2n) is 9.87. The van der Waals surface area contributed by atoms with Gasteiger partial charge in [-0.2, -0.15) is 9.78 Å². The van der Waals surface area contributed by atoms with Crippen molar-refractivity contribution in [2.75, 3.05) is 24.7 Å². The predicted octanol–water partition coefficient (Wildman–Crippen LogP) is 4.08. The van der Waals surface area contributed by atoms with Crippen molar-refractivity contribution in [3.8, 4) is 17.2 Å². The molecule has 1 amide bonds. The maximum absolute atomic E-state index is 14.0. The Balaban J connectivity index is 1.16. The van der Waals surface area contributed by atoms with E-state index in [-0.39, 0.29) is 23.4 Å². The van der Waals surface area contributed by atoms with Crippen LogP contribution in [0.1, 0.15) is 24.8 Å². The van der Waals surface area contributed by atoms with Gasteiger partial charge < -0.3 is 9.47 Å². The first-order chi connectivity index (χ1) is 18.9. The van der Waals surface area contributed by atoms with E-state index < -0.39 is 17.3 Å². The maximum Gasteiger partial charge on any atom is 0.350 e. The zero-order valence-electron chi connectivity index (χ0n) is 20.9. The van der Waals surface area contributed by atoms with Gasteiger partial charge in [-0.1, -0.05) is 6.07 Å². The van der Waals surface area contributed by atoms with Crippen molar-refractivity contribution >= 4 is 11.7 Å². The summed E-state index contributed by atoms with van der Waals surface area (Å²) >= 11 is 0. The number of hydrogen-bond donors (Lipinski definition) is 0. The molecular formula is C28H25F2N5O4. The van der Waals surface area contributed by atoms with Crippen LogP contribution in [0.15, 0.2) is 71.9 Å². The molecule has 0 atom stereocenters. The quantitative estimate of drug-likeness (QED) is 0.371. The van der Waals surface area contributed by atoms with E-state index in [0.29, 0.717) is 49.2 Å². The van der Waals surface area contributed by atoms with Gasteiger partial charge in [-0.05, 0) is 55.3 Å². The van der Waals surface area contributed by atoms with Crippen LogP contribution in [-0.4, -0.2) is 45.0 Å². The molecule has 9 nitrogen and oxygen atoms in total. The molecule has 2 fully saturated rings. The largest absolute Gasteiger partial charge is 0.457 e. The molecule has 2 aliphatic rings. The third kappa shape index (κ3) is 4.92. The van der Waals surface area contributed by atoms with E-state index in [0.717, 1.165) is 34.2 Å². The molecule has 0 bridgehead atoms. The summed E-state index contributed by atoms with van der Waals surface area (Å²) in [6.07, 6.45) is 5.06. The summed E-state index contributed by atoms with van der Waals surface area (Å²) in [5.74, 6) is 0.155. The molecule has 2 aliphatic heterocycles. The third-order valence-electron chi connectivity index (χ3n) is 7.31. The Hall–Kier alpha value is -4.38. The number of anilines is 1. The first-order valence-corrected chi connectivity index (χ1v) is 12.6. The lowest BCUT2D eigenvalue weighted by molar-refractivity contribution is -0.118. The average molecular weight is 534 g/mol. The Morgan fingerprint density at radius 3 is 2.46 bits per heavy atom. The van der Waals surface area contributed by atoms with Gasteiger partial charge in [0.1, 0.15) is 35.3 Å². The number of carbonyl (C=O) groups excluding carboxylic acids is 1. The van der Waals surface area contributed by atoms with Gasteiger partial charge in [-0.3, -0.25) is 14.3 Å². The average Bonchev–Trinajstić information content (AvgIpc) is 3.46. The molecule has 0 saturated carbocycles. The van der Waals surface area contributed by atoms with Gasteiger partial charge in [0.25, 0.3) is 0 Å². The van der Waals surface area contributed by atoms with Crippen LogP contribution in [0.2, 0.25) is 0 Å². The molecule has 6 rings (SSSR count). The van der Waals surface area contributed by atoms with Crippen LogP contribution in [-0.2, 0) is 16.1 Å². The number of aromatic nitrogens is 4. The minimum atomic E-state index is -0.729. The predicted molar refractivity (Wildman–Crippen MR) is 137 cm³/mol. The number of ether oxygens (including phenoxy) is 2. The third-order valence-corrected chi connectivity index (χ3v) is 7.31. The van der Waals surface area contributed by atoms with Crippen molar-refractivity contribution in [3.63, 3.8) is 0 Å². The standard InChI is InChI=1S/C28H25F2N5O4/c29-23-2-1-3-24(30)22(23)16-33-18-32-35(27(33)37)19-4-6-20(7-5-19)39-21-8-11-31-25(14-21)34-17-28(15-26(34)36)9-12-38-13-10-28/h1-8,11,14,18H,9-10,12-13,15-17H2. The van der Waals surface area contributed by atoms with Crippen LogP contribution >= 0.6 is 0 Å². The van der Waals surface area contributed by atoms with Crippen LogP contribution in [0.3, 0.4) is 0 Å². The Labute approximate surface area is 222 Å². The normalized spacial score (nSPS) is 16.7. The molecule has 2 aromatic carbocycles.